The Hall–Kier alpha value is -4.00. The highest BCUT2D eigenvalue weighted by molar-refractivity contribution is 6.03. The van der Waals surface area contributed by atoms with Gasteiger partial charge in [-0.2, -0.15) is 5.10 Å². The fraction of sp³-hybridized carbons (Fsp3) is 0.167. The van der Waals surface area contributed by atoms with Gasteiger partial charge >= 0.3 is 5.97 Å². The molecule has 7 nitrogen and oxygen atoms in total. The molecule has 5 rings (SSSR count). The lowest BCUT2D eigenvalue weighted by atomic mass is 10.0. The van der Waals surface area contributed by atoms with E-state index >= 15 is 0 Å². The molecule has 1 aliphatic rings. The van der Waals surface area contributed by atoms with Crippen molar-refractivity contribution in [3.05, 3.63) is 76.9 Å². The van der Waals surface area contributed by atoms with Crippen molar-refractivity contribution in [2.75, 3.05) is 11.9 Å². The molecule has 0 spiro atoms. The second kappa shape index (κ2) is 7.05. The molecule has 4 aromatic rings. The molecule has 1 aliphatic carbocycles. The maximum absolute atomic E-state index is 11.6. The van der Waals surface area contributed by atoms with E-state index in [9.17, 15) is 9.90 Å². The van der Waals surface area contributed by atoms with Gasteiger partial charge in [0.2, 0.25) is 0 Å². The van der Waals surface area contributed by atoms with Gasteiger partial charge in [-0.05, 0) is 47.9 Å². The largest absolute Gasteiger partial charge is 0.478 e. The van der Waals surface area contributed by atoms with Gasteiger partial charge in [-0.1, -0.05) is 18.2 Å². The molecule has 3 aromatic heterocycles. The van der Waals surface area contributed by atoms with Crippen LogP contribution in [-0.2, 0) is 13.5 Å². The summed E-state index contributed by atoms with van der Waals surface area (Å²) in [5, 5.41) is 15.4. The summed E-state index contributed by atoms with van der Waals surface area (Å²) in [5.41, 5.74) is 6.67. The fourth-order valence-electron chi connectivity index (χ4n) is 4.21. The predicted octanol–water partition coefficient (Wildman–Crippen LogP) is 4.23. The summed E-state index contributed by atoms with van der Waals surface area (Å²) in [6, 6.07) is 11.7. The van der Waals surface area contributed by atoms with Crippen molar-refractivity contribution in [3.8, 4) is 0 Å². The Labute approximate surface area is 179 Å². The number of hydrogen-bond acceptors (Lipinski definition) is 5. The topological polar surface area (TPSA) is 84.1 Å². The minimum absolute atomic E-state index is 0.300. The number of anilines is 2. The predicted molar refractivity (Wildman–Crippen MR) is 121 cm³/mol. The van der Waals surface area contributed by atoms with Crippen LogP contribution in [0.15, 0.2) is 48.8 Å². The SMILES string of the molecule is Cc1ccc(N(C)c2cccc3c(C4=Cc5nccc(C(=O)O)c5C4)n(C)nc23)nc1. The highest BCUT2D eigenvalue weighted by atomic mass is 16.4. The van der Waals surface area contributed by atoms with Gasteiger partial charge in [0.15, 0.2) is 0 Å². The molecule has 1 aromatic carbocycles. The van der Waals surface area contributed by atoms with E-state index in [1.807, 2.05) is 73.2 Å². The average molecular weight is 411 g/mol. The third-order valence-electron chi connectivity index (χ3n) is 5.75. The van der Waals surface area contributed by atoms with E-state index in [0.29, 0.717) is 17.7 Å². The van der Waals surface area contributed by atoms with Crippen LogP contribution in [0.25, 0.3) is 22.6 Å². The highest BCUT2D eigenvalue weighted by Crippen LogP contribution is 2.38. The molecule has 3 heterocycles. The van der Waals surface area contributed by atoms with Gasteiger partial charge in [0.25, 0.3) is 0 Å². The van der Waals surface area contributed by atoms with Crippen LogP contribution in [0.5, 0.6) is 0 Å². The maximum atomic E-state index is 11.6. The first-order chi connectivity index (χ1) is 14.9. The Balaban J connectivity index is 1.60. The Morgan fingerprint density at radius 2 is 2.00 bits per heavy atom. The Bertz CT molecular complexity index is 1370. The molecule has 0 radical (unpaired) electrons. The molecule has 1 N–H and O–H groups in total. The van der Waals surface area contributed by atoms with Crippen LogP contribution >= 0.6 is 0 Å². The normalized spacial score (nSPS) is 12.7. The number of aromatic carboxylic acids is 1. The van der Waals surface area contributed by atoms with Crippen LogP contribution in [0, 0.1) is 6.92 Å². The number of aromatic nitrogens is 4. The van der Waals surface area contributed by atoms with Crippen molar-refractivity contribution >= 4 is 40.0 Å². The number of fused-ring (bicyclic) bond motifs is 2. The van der Waals surface area contributed by atoms with Crippen LogP contribution in [0.2, 0.25) is 0 Å². The molecule has 7 heteroatoms. The second-order valence-electron chi connectivity index (χ2n) is 7.77. The van der Waals surface area contributed by atoms with E-state index in [0.717, 1.165) is 44.8 Å². The lowest BCUT2D eigenvalue weighted by Gasteiger charge is -2.18. The van der Waals surface area contributed by atoms with Gasteiger partial charge in [-0.25, -0.2) is 9.78 Å². The molecular weight excluding hydrogens is 390 g/mol. The van der Waals surface area contributed by atoms with Gasteiger partial charge in [0, 0.05) is 38.3 Å². The number of carbonyl (C=O) groups is 1. The first-order valence-corrected chi connectivity index (χ1v) is 9.98. The van der Waals surface area contributed by atoms with E-state index in [4.69, 9.17) is 5.10 Å². The molecule has 154 valence electrons. The second-order valence-corrected chi connectivity index (χ2v) is 7.77. The zero-order valence-corrected chi connectivity index (χ0v) is 17.5. The standard InChI is InChI=1S/C24H21N5O2/c1-14-7-8-21(26-13-14)28(2)20-6-4-5-17-22(20)27-29(3)23(17)15-11-18-16(24(30)31)9-10-25-19(18)12-15/h4-10,12-13H,11H2,1-3H3,(H,30,31). The monoisotopic (exact) mass is 411 g/mol. The third kappa shape index (κ3) is 3.06. The molecule has 0 atom stereocenters. The van der Waals surface area contributed by atoms with Gasteiger partial charge < -0.3 is 10.0 Å². The van der Waals surface area contributed by atoms with Crippen molar-refractivity contribution in [2.24, 2.45) is 7.05 Å². The van der Waals surface area contributed by atoms with Crippen molar-refractivity contribution < 1.29 is 9.90 Å². The number of rotatable bonds is 4. The fourth-order valence-corrected chi connectivity index (χ4v) is 4.21. The Kier molecular flexibility index (Phi) is 4.32. The molecule has 0 saturated heterocycles. The van der Waals surface area contributed by atoms with Crippen molar-refractivity contribution in [3.63, 3.8) is 0 Å². The molecule has 31 heavy (non-hydrogen) atoms. The van der Waals surface area contributed by atoms with E-state index in [-0.39, 0.29) is 0 Å². The average Bonchev–Trinajstić information content (AvgIpc) is 3.32. The minimum Gasteiger partial charge on any atom is -0.478 e. The van der Waals surface area contributed by atoms with Crippen molar-refractivity contribution in [1.82, 2.24) is 19.7 Å². The zero-order chi connectivity index (χ0) is 21.7. The summed E-state index contributed by atoms with van der Waals surface area (Å²) < 4.78 is 1.86. The van der Waals surface area contributed by atoms with Gasteiger partial charge in [0.1, 0.15) is 11.3 Å². The third-order valence-corrected chi connectivity index (χ3v) is 5.75. The molecule has 0 unspecified atom stereocenters. The Morgan fingerprint density at radius 1 is 1.16 bits per heavy atom. The number of nitrogens with zero attached hydrogens (tertiary/aromatic N) is 5. The van der Waals surface area contributed by atoms with Crippen LogP contribution in [0.4, 0.5) is 11.5 Å². The number of pyridine rings is 2. The number of aryl methyl sites for hydroxylation is 2. The summed E-state index contributed by atoms with van der Waals surface area (Å²) in [6.07, 6.45) is 5.88. The summed E-state index contributed by atoms with van der Waals surface area (Å²) in [4.78, 5) is 22.6. The molecule has 0 aliphatic heterocycles. The summed E-state index contributed by atoms with van der Waals surface area (Å²) in [5.74, 6) is -0.0919. The van der Waals surface area contributed by atoms with Crippen LogP contribution in [0.1, 0.15) is 32.9 Å². The summed E-state index contributed by atoms with van der Waals surface area (Å²) >= 11 is 0. The van der Waals surface area contributed by atoms with Gasteiger partial charge in [0.05, 0.1) is 22.6 Å². The molecule has 0 fully saturated rings. The minimum atomic E-state index is -0.933. The Morgan fingerprint density at radius 3 is 2.74 bits per heavy atom. The number of carboxylic acid groups (broad SMARTS) is 1. The highest BCUT2D eigenvalue weighted by Gasteiger charge is 2.25. The number of hydrogen-bond donors (Lipinski definition) is 1. The first kappa shape index (κ1) is 19.0. The molecule has 0 bridgehead atoms. The first-order valence-electron chi connectivity index (χ1n) is 9.98. The van der Waals surface area contributed by atoms with E-state index in [1.54, 1.807) is 12.3 Å². The van der Waals surface area contributed by atoms with Crippen LogP contribution < -0.4 is 4.90 Å². The van der Waals surface area contributed by atoms with Gasteiger partial charge in [-0.3, -0.25) is 9.67 Å². The summed E-state index contributed by atoms with van der Waals surface area (Å²) in [7, 11) is 3.90. The van der Waals surface area contributed by atoms with E-state index in [2.05, 4.69) is 9.97 Å². The van der Waals surface area contributed by atoms with E-state index < -0.39 is 5.97 Å². The molecule has 0 amide bonds. The number of allylic oxidation sites excluding steroid dienone is 1. The van der Waals surface area contributed by atoms with Crippen molar-refractivity contribution in [2.45, 2.75) is 13.3 Å². The maximum Gasteiger partial charge on any atom is 0.336 e. The van der Waals surface area contributed by atoms with Gasteiger partial charge in [-0.15, -0.1) is 0 Å². The number of benzene rings is 1. The van der Waals surface area contributed by atoms with E-state index in [1.165, 1.54) is 0 Å². The molecular formula is C24H21N5O2. The van der Waals surface area contributed by atoms with Crippen molar-refractivity contribution in [1.29, 1.82) is 0 Å². The summed E-state index contributed by atoms with van der Waals surface area (Å²) in [6.45, 7) is 2.01. The molecule has 0 saturated carbocycles. The van der Waals surface area contributed by atoms with Crippen LogP contribution in [0.3, 0.4) is 0 Å². The zero-order valence-electron chi connectivity index (χ0n) is 17.5. The quantitative estimate of drug-likeness (QED) is 0.541. The number of carboxylic acids is 1. The lowest BCUT2D eigenvalue weighted by molar-refractivity contribution is 0.0695. The smallest absolute Gasteiger partial charge is 0.336 e. The van der Waals surface area contributed by atoms with Crippen LogP contribution in [-0.4, -0.2) is 37.9 Å². The lowest BCUT2D eigenvalue weighted by Crippen LogP contribution is -2.11.